The van der Waals surface area contributed by atoms with E-state index in [0.29, 0.717) is 43.4 Å². The van der Waals surface area contributed by atoms with E-state index < -0.39 is 17.8 Å². The summed E-state index contributed by atoms with van der Waals surface area (Å²) in [6, 6.07) is 0. The number of carbonyl (C=O) groups excluding carboxylic acids is 2. The number of alkyl halides is 3. The zero-order valence-electron chi connectivity index (χ0n) is 24.6. The molecule has 0 bridgehead atoms. The second-order valence-corrected chi connectivity index (χ2v) is 14.0. The highest BCUT2D eigenvalue weighted by Crippen LogP contribution is 2.70. The first-order chi connectivity index (χ1) is 18.6. The van der Waals surface area contributed by atoms with E-state index in [0.717, 1.165) is 45.4 Å². The summed E-state index contributed by atoms with van der Waals surface area (Å²) >= 11 is 0. The molecule has 1 aliphatic heterocycles. The van der Waals surface area contributed by atoms with Crippen LogP contribution in [0.1, 0.15) is 98.8 Å². The molecule has 4 aliphatic carbocycles. The number of carbonyl (C=O) groups is 2. The van der Waals surface area contributed by atoms with Gasteiger partial charge >= 0.3 is 18.1 Å². The van der Waals surface area contributed by atoms with Crippen LogP contribution in [0.15, 0.2) is 0 Å². The summed E-state index contributed by atoms with van der Waals surface area (Å²) < 4.78 is 57.4. The number of methoxy groups -OCH3 is 1. The van der Waals surface area contributed by atoms with Gasteiger partial charge in [0.2, 0.25) is 5.79 Å². The van der Waals surface area contributed by atoms with Crippen LogP contribution >= 0.6 is 0 Å². The van der Waals surface area contributed by atoms with Crippen molar-refractivity contribution in [1.29, 1.82) is 0 Å². The van der Waals surface area contributed by atoms with Gasteiger partial charge in [-0.1, -0.05) is 20.8 Å². The topological polar surface area (TPSA) is 80.3 Å². The van der Waals surface area contributed by atoms with Crippen LogP contribution in [0.25, 0.3) is 0 Å². The van der Waals surface area contributed by atoms with Crippen molar-refractivity contribution in [2.45, 2.75) is 123 Å². The van der Waals surface area contributed by atoms with Crippen LogP contribution in [-0.4, -0.2) is 42.9 Å². The summed E-state index contributed by atoms with van der Waals surface area (Å²) in [6.45, 7) is 9.13. The van der Waals surface area contributed by atoms with E-state index in [2.05, 4.69) is 20.8 Å². The molecule has 0 radical (unpaired) electrons. The second-order valence-electron chi connectivity index (χ2n) is 14.0. The monoisotopic (exact) mass is 574 g/mol. The molecule has 0 amide bonds. The summed E-state index contributed by atoms with van der Waals surface area (Å²) in [7, 11) is 1.41. The van der Waals surface area contributed by atoms with Crippen LogP contribution in [0.3, 0.4) is 0 Å². The normalized spacial score (nSPS) is 47.2. The second kappa shape index (κ2) is 10.1. The molecule has 1 spiro atoms. The minimum absolute atomic E-state index is 0.111. The maximum Gasteiger partial charge on any atom is 0.446 e. The van der Waals surface area contributed by atoms with Crippen LogP contribution in [0.4, 0.5) is 13.2 Å². The molecule has 1 heterocycles. The fourth-order valence-electron chi connectivity index (χ4n) is 9.94. The summed E-state index contributed by atoms with van der Waals surface area (Å²) in [5.74, 6) is -2.82. The van der Waals surface area contributed by atoms with Crippen LogP contribution < -0.4 is 0 Å². The van der Waals surface area contributed by atoms with E-state index in [1.165, 1.54) is 14.0 Å². The average Bonchev–Trinajstić information content (AvgIpc) is 3.41. The van der Waals surface area contributed by atoms with Crippen LogP contribution in [0, 0.1) is 46.3 Å². The standard InChI is InChI=1S/C30H45F3O7/c1-17(7-12-25(35)36-6)21-10-11-22-20-9-8-19-16-29(38-28(5,39-40-29)30(31,32)33)14-13-26(19,3)23(20)15-24(27(21,22)4)37-18(2)34/h17,19-24H,7-16H2,1-6H3/t17-,19-,20+,21-,22+,23+,24+,26+,27-,28?,29?/m1/s1. The fourth-order valence-corrected chi connectivity index (χ4v) is 9.94. The van der Waals surface area contributed by atoms with Crippen molar-refractivity contribution in [3.05, 3.63) is 0 Å². The molecule has 5 rings (SSSR count). The molecule has 2 unspecified atom stereocenters. The first-order valence-corrected chi connectivity index (χ1v) is 15.0. The van der Waals surface area contributed by atoms with Gasteiger partial charge in [-0.05, 0) is 85.9 Å². The molecular weight excluding hydrogens is 529 g/mol. The van der Waals surface area contributed by atoms with Crippen molar-refractivity contribution in [1.82, 2.24) is 0 Å². The van der Waals surface area contributed by atoms with Gasteiger partial charge in [0.05, 0.1) is 7.11 Å². The van der Waals surface area contributed by atoms with Crippen LogP contribution in [0.2, 0.25) is 0 Å². The molecule has 10 heteroatoms. The highest BCUT2D eigenvalue weighted by molar-refractivity contribution is 5.69. The molecule has 40 heavy (non-hydrogen) atoms. The van der Waals surface area contributed by atoms with Crippen LogP contribution in [0.5, 0.6) is 0 Å². The highest BCUT2D eigenvalue weighted by Gasteiger charge is 2.70. The lowest BCUT2D eigenvalue weighted by molar-refractivity contribution is -0.408. The Balaban J connectivity index is 1.38. The number of ether oxygens (including phenoxy) is 3. The summed E-state index contributed by atoms with van der Waals surface area (Å²) in [4.78, 5) is 34.4. The predicted octanol–water partition coefficient (Wildman–Crippen LogP) is 6.73. The number of hydrogen-bond donors (Lipinski definition) is 0. The lowest BCUT2D eigenvalue weighted by Gasteiger charge is -2.63. The van der Waals surface area contributed by atoms with Crippen LogP contribution in [-0.2, 0) is 33.6 Å². The van der Waals surface area contributed by atoms with Crippen molar-refractivity contribution in [2.75, 3.05) is 7.11 Å². The quantitative estimate of drug-likeness (QED) is 0.266. The van der Waals surface area contributed by atoms with E-state index in [1.54, 1.807) is 0 Å². The van der Waals surface area contributed by atoms with Gasteiger partial charge in [-0.2, -0.15) is 22.9 Å². The Bertz CT molecular complexity index is 1000. The Morgan fingerprint density at radius 2 is 1.75 bits per heavy atom. The predicted molar refractivity (Wildman–Crippen MR) is 137 cm³/mol. The molecule has 1 saturated heterocycles. The lowest BCUT2D eigenvalue weighted by atomic mass is 9.43. The molecule has 4 saturated carbocycles. The number of hydrogen-bond acceptors (Lipinski definition) is 7. The summed E-state index contributed by atoms with van der Waals surface area (Å²) in [6.07, 6.45) is 2.20. The fraction of sp³-hybridized carbons (Fsp3) is 0.933. The average molecular weight is 575 g/mol. The highest BCUT2D eigenvalue weighted by atomic mass is 19.4. The van der Waals surface area contributed by atoms with Gasteiger partial charge in [0.1, 0.15) is 6.10 Å². The molecule has 11 atom stereocenters. The number of esters is 2. The smallest absolute Gasteiger partial charge is 0.446 e. The van der Waals surface area contributed by atoms with E-state index in [-0.39, 0.29) is 46.6 Å². The third-order valence-corrected chi connectivity index (χ3v) is 12.1. The Labute approximate surface area is 235 Å². The summed E-state index contributed by atoms with van der Waals surface area (Å²) in [5, 5.41) is 0. The molecule has 7 nitrogen and oxygen atoms in total. The van der Waals surface area contributed by atoms with E-state index in [1.807, 2.05) is 0 Å². The third kappa shape index (κ3) is 4.68. The molecule has 0 aromatic heterocycles. The van der Waals surface area contributed by atoms with Gasteiger partial charge in [-0.25, -0.2) is 0 Å². The SMILES string of the molecule is COC(=O)CC[C@@H](C)[C@H]1CC[C@H]2[C@@H]3CC[C@@H]4CC5(CC[C@]4(C)[C@H]3C[C@H](OC(C)=O)[C@]12C)OOC(C)(C(F)(F)F)O5. The first kappa shape index (κ1) is 30.1. The molecule has 5 aliphatic rings. The maximum absolute atomic E-state index is 13.6. The molecule has 5 fully saturated rings. The van der Waals surface area contributed by atoms with Crippen molar-refractivity contribution >= 4 is 11.9 Å². The minimum atomic E-state index is -4.70. The molecule has 0 N–H and O–H groups in total. The van der Waals surface area contributed by atoms with Crippen molar-refractivity contribution in [2.24, 2.45) is 46.3 Å². The summed E-state index contributed by atoms with van der Waals surface area (Å²) in [5.41, 5.74) is -0.325. The van der Waals surface area contributed by atoms with Gasteiger partial charge in [-0.3, -0.25) is 9.59 Å². The largest absolute Gasteiger partial charge is 0.469 e. The molecule has 228 valence electrons. The molecule has 0 aromatic carbocycles. The number of halogens is 3. The first-order valence-electron chi connectivity index (χ1n) is 15.0. The number of rotatable bonds is 5. The van der Waals surface area contributed by atoms with Crippen molar-refractivity contribution in [3.63, 3.8) is 0 Å². The van der Waals surface area contributed by atoms with Gasteiger partial charge in [-0.15, -0.1) is 0 Å². The Morgan fingerprint density at radius 3 is 2.38 bits per heavy atom. The lowest BCUT2D eigenvalue weighted by Crippen LogP contribution is -2.60. The molecule has 0 aromatic rings. The Morgan fingerprint density at radius 1 is 1.02 bits per heavy atom. The van der Waals surface area contributed by atoms with Gasteiger partial charge in [0.15, 0.2) is 0 Å². The zero-order valence-corrected chi connectivity index (χ0v) is 24.6. The molecular formula is C30H45F3O7. The number of fused-ring (bicyclic) bond motifs is 5. The third-order valence-electron chi connectivity index (χ3n) is 12.1. The van der Waals surface area contributed by atoms with Gasteiger partial charge < -0.3 is 14.2 Å². The Kier molecular flexibility index (Phi) is 7.60. The minimum Gasteiger partial charge on any atom is -0.469 e. The van der Waals surface area contributed by atoms with E-state index in [9.17, 15) is 22.8 Å². The van der Waals surface area contributed by atoms with E-state index in [4.69, 9.17) is 24.0 Å². The van der Waals surface area contributed by atoms with Crippen molar-refractivity contribution in [3.8, 4) is 0 Å². The zero-order chi connectivity index (χ0) is 29.3. The Hall–Kier alpha value is -1.39. The van der Waals surface area contributed by atoms with Crippen molar-refractivity contribution < 1.29 is 46.7 Å². The maximum atomic E-state index is 13.6. The van der Waals surface area contributed by atoms with Gasteiger partial charge in [0, 0.05) is 38.5 Å². The van der Waals surface area contributed by atoms with E-state index >= 15 is 0 Å². The van der Waals surface area contributed by atoms with Gasteiger partial charge in [0.25, 0.3) is 5.79 Å².